The molecule has 0 radical (unpaired) electrons. The van der Waals surface area contributed by atoms with Crippen LogP contribution in [0.3, 0.4) is 0 Å². The molecule has 1 aliphatic heterocycles. The number of hydrogen-bond acceptors (Lipinski definition) is 4. The summed E-state index contributed by atoms with van der Waals surface area (Å²) in [5.74, 6) is 1.64. The van der Waals surface area contributed by atoms with Crippen molar-refractivity contribution in [1.29, 1.82) is 0 Å². The number of hydrogen-bond donors (Lipinski definition) is 1. The van der Waals surface area contributed by atoms with Crippen molar-refractivity contribution >= 4 is 5.91 Å². The lowest BCUT2D eigenvalue weighted by atomic mass is 10.0. The fraction of sp³-hybridized carbons (Fsp3) is 0.368. The number of benzene rings is 1. The largest absolute Gasteiger partial charge is 0.486 e. The van der Waals surface area contributed by atoms with E-state index >= 15 is 0 Å². The van der Waals surface area contributed by atoms with Crippen LogP contribution in [0.1, 0.15) is 34.8 Å². The summed E-state index contributed by atoms with van der Waals surface area (Å²) in [5.41, 5.74) is 1.19. The van der Waals surface area contributed by atoms with Crippen LogP contribution in [0.4, 0.5) is 0 Å². The van der Waals surface area contributed by atoms with Gasteiger partial charge < -0.3 is 19.4 Å². The smallest absolute Gasteiger partial charge is 0.252 e. The first-order valence-electron chi connectivity index (χ1n) is 8.49. The van der Waals surface area contributed by atoms with Gasteiger partial charge in [-0.25, -0.2) is 0 Å². The number of amides is 1. The van der Waals surface area contributed by atoms with Gasteiger partial charge in [0.15, 0.2) is 11.5 Å². The van der Waals surface area contributed by atoms with Gasteiger partial charge in [-0.15, -0.1) is 0 Å². The van der Waals surface area contributed by atoms with Gasteiger partial charge in [-0.2, -0.15) is 0 Å². The van der Waals surface area contributed by atoms with Gasteiger partial charge in [0.05, 0.1) is 6.04 Å². The number of nitrogens with zero attached hydrogens (tertiary/aromatic N) is 1. The van der Waals surface area contributed by atoms with Crippen LogP contribution >= 0.6 is 0 Å². The third kappa shape index (κ3) is 3.24. The van der Waals surface area contributed by atoms with Crippen LogP contribution < -0.4 is 20.3 Å². The molecule has 0 saturated heterocycles. The normalized spacial score (nSPS) is 17.0. The fourth-order valence-electron chi connectivity index (χ4n) is 3.07. The standard InChI is InChI=1S/C19H20N2O4/c1-21-7-6-14(11-17(21)22)19(23)20-18(12-2-3-12)13-4-5-15-16(10-13)25-9-8-24-15/h4-7,10-12,18H,2-3,8-9H2,1H3,(H,20,23)/t18-/m0/s1. The molecule has 2 heterocycles. The van der Waals surface area contributed by atoms with E-state index in [2.05, 4.69) is 5.32 Å². The van der Waals surface area contributed by atoms with Gasteiger partial charge in [0.2, 0.25) is 0 Å². The molecule has 1 aromatic carbocycles. The zero-order valence-corrected chi connectivity index (χ0v) is 14.0. The molecule has 1 amide bonds. The first kappa shape index (κ1) is 15.7. The van der Waals surface area contributed by atoms with Gasteiger partial charge in [-0.1, -0.05) is 6.07 Å². The molecule has 130 valence electrons. The minimum absolute atomic E-state index is 0.0904. The van der Waals surface area contributed by atoms with Crippen LogP contribution in [0, 0.1) is 5.92 Å². The molecule has 1 N–H and O–H groups in total. The van der Waals surface area contributed by atoms with Crippen molar-refractivity contribution in [2.45, 2.75) is 18.9 Å². The second kappa shape index (κ2) is 6.27. The van der Waals surface area contributed by atoms with Crippen LogP contribution in [0.15, 0.2) is 41.3 Å². The van der Waals surface area contributed by atoms with E-state index in [1.165, 1.54) is 10.6 Å². The SMILES string of the molecule is Cn1ccc(C(=O)N[C@H](c2ccc3c(c2)OCCO3)C2CC2)cc1=O. The summed E-state index contributed by atoms with van der Waals surface area (Å²) in [4.78, 5) is 24.4. The number of pyridine rings is 1. The molecule has 2 aromatic rings. The van der Waals surface area contributed by atoms with E-state index in [9.17, 15) is 9.59 Å². The Bertz CT molecular complexity index is 870. The molecule has 4 rings (SSSR count). The van der Waals surface area contributed by atoms with E-state index in [0.717, 1.165) is 29.9 Å². The molecular weight excluding hydrogens is 320 g/mol. The Morgan fingerprint density at radius 2 is 1.92 bits per heavy atom. The Morgan fingerprint density at radius 1 is 1.16 bits per heavy atom. The molecular formula is C19H20N2O4. The average Bonchev–Trinajstić information content (AvgIpc) is 3.46. The van der Waals surface area contributed by atoms with Gasteiger partial charge in [-0.05, 0) is 42.5 Å². The lowest BCUT2D eigenvalue weighted by Gasteiger charge is -2.23. The average molecular weight is 340 g/mol. The van der Waals surface area contributed by atoms with Crippen LogP contribution in [0.5, 0.6) is 11.5 Å². The maximum Gasteiger partial charge on any atom is 0.252 e. The predicted molar refractivity (Wildman–Crippen MR) is 92.0 cm³/mol. The summed E-state index contributed by atoms with van der Waals surface area (Å²) >= 11 is 0. The van der Waals surface area contributed by atoms with Gasteiger partial charge in [0, 0.05) is 24.9 Å². The molecule has 1 fully saturated rings. The van der Waals surface area contributed by atoms with Gasteiger partial charge in [-0.3, -0.25) is 9.59 Å². The summed E-state index contributed by atoms with van der Waals surface area (Å²) < 4.78 is 12.7. The molecule has 0 unspecified atom stereocenters. The number of ether oxygens (including phenoxy) is 2. The van der Waals surface area contributed by atoms with E-state index in [1.54, 1.807) is 19.3 Å². The summed E-state index contributed by atoms with van der Waals surface area (Å²) in [7, 11) is 1.66. The second-order valence-electron chi connectivity index (χ2n) is 6.56. The van der Waals surface area contributed by atoms with Gasteiger partial charge in [0.25, 0.3) is 11.5 Å². The Morgan fingerprint density at radius 3 is 2.64 bits per heavy atom. The van der Waals surface area contributed by atoms with Crippen molar-refractivity contribution in [3.05, 3.63) is 58.0 Å². The van der Waals surface area contributed by atoms with E-state index in [4.69, 9.17) is 9.47 Å². The van der Waals surface area contributed by atoms with Crippen molar-refractivity contribution < 1.29 is 14.3 Å². The quantitative estimate of drug-likeness (QED) is 0.925. The third-order valence-corrected chi connectivity index (χ3v) is 4.67. The fourth-order valence-corrected chi connectivity index (χ4v) is 3.07. The van der Waals surface area contributed by atoms with Crippen molar-refractivity contribution in [2.24, 2.45) is 13.0 Å². The summed E-state index contributed by atoms with van der Waals surface area (Å²) in [6.07, 6.45) is 3.76. The number of nitrogens with one attached hydrogen (secondary N) is 1. The molecule has 1 aliphatic carbocycles. The maximum absolute atomic E-state index is 12.6. The van der Waals surface area contributed by atoms with Crippen LogP contribution in [-0.2, 0) is 7.05 Å². The van der Waals surface area contributed by atoms with Crippen molar-refractivity contribution in [3.63, 3.8) is 0 Å². The molecule has 0 spiro atoms. The van der Waals surface area contributed by atoms with E-state index in [1.807, 2.05) is 18.2 Å². The summed E-state index contributed by atoms with van der Waals surface area (Å²) in [6, 6.07) is 8.74. The number of carbonyl (C=O) groups excluding carboxylic acids is 1. The van der Waals surface area contributed by atoms with Crippen molar-refractivity contribution in [1.82, 2.24) is 9.88 Å². The van der Waals surface area contributed by atoms with Gasteiger partial charge >= 0.3 is 0 Å². The number of carbonyl (C=O) groups is 1. The Kier molecular flexibility index (Phi) is 3.95. The zero-order valence-electron chi connectivity index (χ0n) is 14.0. The first-order chi connectivity index (χ1) is 12.1. The topological polar surface area (TPSA) is 69.6 Å². The molecule has 1 saturated carbocycles. The number of aryl methyl sites for hydroxylation is 1. The number of fused-ring (bicyclic) bond motifs is 1. The van der Waals surface area contributed by atoms with Gasteiger partial charge in [0.1, 0.15) is 13.2 Å². The molecule has 2 aliphatic rings. The van der Waals surface area contributed by atoms with Crippen LogP contribution in [-0.4, -0.2) is 23.7 Å². The van der Waals surface area contributed by atoms with E-state index < -0.39 is 0 Å². The van der Waals surface area contributed by atoms with E-state index in [-0.39, 0.29) is 17.5 Å². The Hall–Kier alpha value is -2.76. The maximum atomic E-state index is 12.6. The molecule has 1 atom stereocenters. The van der Waals surface area contributed by atoms with E-state index in [0.29, 0.717) is 24.7 Å². The highest BCUT2D eigenvalue weighted by Crippen LogP contribution is 2.43. The minimum atomic E-state index is -0.232. The highest BCUT2D eigenvalue weighted by Gasteiger charge is 2.34. The molecule has 6 heteroatoms. The van der Waals surface area contributed by atoms with Crippen LogP contribution in [0.2, 0.25) is 0 Å². The summed E-state index contributed by atoms with van der Waals surface area (Å²) in [5, 5.41) is 3.08. The monoisotopic (exact) mass is 340 g/mol. The number of aromatic nitrogens is 1. The molecule has 6 nitrogen and oxygen atoms in total. The summed E-state index contributed by atoms with van der Waals surface area (Å²) in [6.45, 7) is 1.09. The van der Waals surface area contributed by atoms with Crippen LogP contribution in [0.25, 0.3) is 0 Å². The second-order valence-corrected chi connectivity index (χ2v) is 6.56. The molecule has 25 heavy (non-hydrogen) atoms. The van der Waals surface area contributed by atoms with Crippen molar-refractivity contribution in [2.75, 3.05) is 13.2 Å². The Balaban J connectivity index is 1.58. The highest BCUT2D eigenvalue weighted by molar-refractivity contribution is 5.94. The predicted octanol–water partition coefficient (Wildman–Crippen LogP) is 2.04. The lowest BCUT2D eigenvalue weighted by Crippen LogP contribution is -2.31. The highest BCUT2D eigenvalue weighted by atomic mass is 16.6. The number of rotatable bonds is 4. The third-order valence-electron chi connectivity index (χ3n) is 4.67. The lowest BCUT2D eigenvalue weighted by molar-refractivity contribution is 0.0931. The zero-order chi connectivity index (χ0) is 17.4. The minimum Gasteiger partial charge on any atom is -0.486 e. The van der Waals surface area contributed by atoms with Crippen molar-refractivity contribution in [3.8, 4) is 11.5 Å². The molecule has 0 bridgehead atoms. The molecule has 1 aromatic heterocycles. The Labute approximate surface area is 145 Å². The first-order valence-corrected chi connectivity index (χ1v) is 8.49.